The van der Waals surface area contributed by atoms with Crippen LogP contribution in [0.4, 0.5) is 0 Å². The molecule has 0 aliphatic rings. The van der Waals surface area contributed by atoms with Crippen LogP contribution in [0.2, 0.25) is 0 Å². The Hall–Kier alpha value is -0.0500. The van der Waals surface area contributed by atoms with E-state index in [1.165, 1.54) is 16.2 Å². The Morgan fingerprint density at radius 3 is 2.12 bits per heavy atom. The van der Waals surface area contributed by atoms with E-state index in [2.05, 4.69) is 59.0 Å². The van der Waals surface area contributed by atoms with Crippen molar-refractivity contribution in [3.05, 3.63) is 21.9 Å². The molecule has 0 aliphatic heterocycles. The van der Waals surface area contributed by atoms with Gasteiger partial charge >= 0.3 is 0 Å². The quantitative estimate of drug-likeness (QED) is 0.834. The fraction of sp³-hybridized carbons (Fsp3) is 0.714. The molecule has 3 heteroatoms. The highest BCUT2D eigenvalue weighted by Crippen LogP contribution is 2.27. The van der Waals surface area contributed by atoms with Crippen LogP contribution in [0.3, 0.4) is 0 Å². The highest BCUT2D eigenvalue weighted by molar-refractivity contribution is 7.11. The van der Waals surface area contributed by atoms with Gasteiger partial charge in [-0.1, -0.05) is 20.8 Å². The van der Waals surface area contributed by atoms with Crippen LogP contribution in [-0.2, 0) is 6.54 Å². The molecular formula is C14H26ClNS. The SMILES string of the molecule is Cc1ccc(CNC(C)(C)CC(C)(C)C)s1.Cl. The summed E-state index contributed by atoms with van der Waals surface area (Å²) in [4.78, 5) is 2.82. The molecule has 1 rings (SSSR count). The van der Waals surface area contributed by atoms with Gasteiger partial charge in [0.25, 0.3) is 0 Å². The Bertz CT molecular complexity index is 336. The Morgan fingerprint density at radius 2 is 1.71 bits per heavy atom. The van der Waals surface area contributed by atoms with E-state index in [4.69, 9.17) is 0 Å². The molecule has 0 spiro atoms. The van der Waals surface area contributed by atoms with Gasteiger partial charge in [0, 0.05) is 21.8 Å². The van der Waals surface area contributed by atoms with Crippen molar-refractivity contribution in [2.45, 2.75) is 60.0 Å². The number of rotatable bonds is 4. The molecule has 17 heavy (non-hydrogen) atoms. The summed E-state index contributed by atoms with van der Waals surface area (Å²) in [5.41, 5.74) is 0.581. The topological polar surface area (TPSA) is 12.0 Å². The Labute approximate surface area is 116 Å². The molecule has 0 atom stereocenters. The number of aryl methyl sites for hydroxylation is 1. The summed E-state index contributed by atoms with van der Waals surface area (Å²) in [7, 11) is 0. The maximum Gasteiger partial charge on any atom is 0.0304 e. The zero-order chi connectivity index (χ0) is 12.4. The normalized spacial score (nSPS) is 12.4. The minimum Gasteiger partial charge on any atom is -0.307 e. The average molecular weight is 276 g/mol. The van der Waals surface area contributed by atoms with E-state index in [-0.39, 0.29) is 17.9 Å². The molecule has 1 heterocycles. The van der Waals surface area contributed by atoms with Gasteiger partial charge in [-0.3, -0.25) is 0 Å². The molecule has 0 saturated heterocycles. The highest BCUT2D eigenvalue weighted by Gasteiger charge is 2.24. The lowest BCUT2D eigenvalue weighted by Crippen LogP contribution is -2.41. The first-order valence-electron chi connectivity index (χ1n) is 5.98. The minimum absolute atomic E-state index is 0. The molecule has 1 aromatic heterocycles. The maximum atomic E-state index is 3.66. The Balaban J connectivity index is 0.00000256. The molecule has 1 N–H and O–H groups in total. The van der Waals surface area contributed by atoms with Crippen LogP contribution in [0, 0.1) is 12.3 Å². The lowest BCUT2D eigenvalue weighted by molar-refractivity contribution is 0.241. The second-order valence-electron chi connectivity index (χ2n) is 6.49. The van der Waals surface area contributed by atoms with Crippen molar-refractivity contribution in [3.63, 3.8) is 0 Å². The molecule has 0 aromatic carbocycles. The first-order valence-corrected chi connectivity index (χ1v) is 6.80. The fourth-order valence-electron chi connectivity index (χ4n) is 2.29. The van der Waals surface area contributed by atoms with Crippen molar-refractivity contribution in [1.29, 1.82) is 0 Å². The second-order valence-corrected chi connectivity index (χ2v) is 7.86. The molecule has 100 valence electrons. The molecular weight excluding hydrogens is 250 g/mol. The van der Waals surface area contributed by atoms with Gasteiger partial charge in [-0.15, -0.1) is 23.7 Å². The third-order valence-corrected chi connectivity index (χ3v) is 3.51. The van der Waals surface area contributed by atoms with Gasteiger partial charge in [0.1, 0.15) is 0 Å². The predicted molar refractivity (Wildman–Crippen MR) is 81.3 cm³/mol. The molecule has 1 nitrogen and oxygen atoms in total. The van der Waals surface area contributed by atoms with Crippen molar-refractivity contribution in [1.82, 2.24) is 5.32 Å². The molecule has 0 saturated carbocycles. The molecule has 0 radical (unpaired) electrons. The van der Waals surface area contributed by atoms with E-state index in [0.29, 0.717) is 5.41 Å². The van der Waals surface area contributed by atoms with Gasteiger partial charge in [-0.25, -0.2) is 0 Å². The molecule has 0 amide bonds. The van der Waals surface area contributed by atoms with E-state index >= 15 is 0 Å². The summed E-state index contributed by atoms with van der Waals surface area (Å²) >= 11 is 1.88. The van der Waals surface area contributed by atoms with Crippen LogP contribution >= 0.6 is 23.7 Å². The van der Waals surface area contributed by atoms with Crippen molar-refractivity contribution in [3.8, 4) is 0 Å². The number of thiophene rings is 1. The smallest absolute Gasteiger partial charge is 0.0304 e. The largest absolute Gasteiger partial charge is 0.307 e. The zero-order valence-electron chi connectivity index (χ0n) is 11.9. The summed E-state index contributed by atoms with van der Waals surface area (Å²) in [6.07, 6.45) is 1.18. The zero-order valence-corrected chi connectivity index (χ0v) is 13.5. The van der Waals surface area contributed by atoms with Crippen molar-refractivity contribution < 1.29 is 0 Å². The van der Waals surface area contributed by atoms with E-state index in [9.17, 15) is 0 Å². The van der Waals surface area contributed by atoms with Crippen LogP contribution in [-0.4, -0.2) is 5.54 Å². The fourth-order valence-corrected chi connectivity index (χ4v) is 3.12. The van der Waals surface area contributed by atoms with Gasteiger partial charge in [-0.2, -0.15) is 0 Å². The van der Waals surface area contributed by atoms with Crippen LogP contribution in [0.15, 0.2) is 12.1 Å². The lowest BCUT2D eigenvalue weighted by atomic mass is 9.82. The monoisotopic (exact) mass is 275 g/mol. The number of hydrogen-bond acceptors (Lipinski definition) is 2. The summed E-state index contributed by atoms with van der Waals surface area (Å²) < 4.78 is 0. The predicted octanol–water partition coefficient (Wildman–Crippen LogP) is 4.78. The highest BCUT2D eigenvalue weighted by atomic mass is 35.5. The standard InChI is InChI=1S/C14H25NS.ClH/c1-11-7-8-12(16-11)9-15-14(5,6)10-13(2,3)4;/h7-8,15H,9-10H2,1-6H3;1H. The third-order valence-electron chi connectivity index (χ3n) is 2.51. The molecule has 0 bridgehead atoms. The van der Waals surface area contributed by atoms with E-state index in [1.54, 1.807) is 0 Å². The number of halogens is 1. The second kappa shape index (κ2) is 6.21. The summed E-state index contributed by atoms with van der Waals surface area (Å²) in [6.45, 7) is 14.6. The average Bonchev–Trinajstić information content (AvgIpc) is 2.44. The van der Waals surface area contributed by atoms with Gasteiger partial charge < -0.3 is 5.32 Å². The van der Waals surface area contributed by atoms with Gasteiger partial charge in [0.2, 0.25) is 0 Å². The Morgan fingerprint density at radius 1 is 1.12 bits per heavy atom. The summed E-state index contributed by atoms with van der Waals surface area (Å²) in [6, 6.07) is 4.42. The summed E-state index contributed by atoms with van der Waals surface area (Å²) in [5, 5.41) is 3.66. The first-order chi connectivity index (χ1) is 7.18. The molecule has 0 aliphatic carbocycles. The first kappa shape index (κ1) is 16.9. The minimum atomic E-state index is 0. The molecule has 0 fully saturated rings. The summed E-state index contributed by atoms with van der Waals surface area (Å²) in [5.74, 6) is 0. The molecule has 0 unspecified atom stereocenters. The van der Waals surface area contributed by atoms with Crippen LogP contribution < -0.4 is 5.32 Å². The number of hydrogen-bond donors (Lipinski definition) is 1. The van der Waals surface area contributed by atoms with Crippen LogP contribution in [0.1, 0.15) is 50.8 Å². The lowest BCUT2D eigenvalue weighted by Gasteiger charge is -2.33. The van der Waals surface area contributed by atoms with E-state index < -0.39 is 0 Å². The van der Waals surface area contributed by atoms with Crippen LogP contribution in [0.5, 0.6) is 0 Å². The maximum absolute atomic E-state index is 3.66. The van der Waals surface area contributed by atoms with Gasteiger partial charge in [-0.05, 0) is 44.7 Å². The van der Waals surface area contributed by atoms with Crippen molar-refractivity contribution in [2.75, 3.05) is 0 Å². The van der Waals surface area contributed by atoms with Crippen molar-refractivity contribution in [2.24, 2.45) is 5.41 Å². The van der Waals surface area contributed by atoms with E-state index in [1.807, 2.05) is 11.3 Å². The van der Waals surface area contributed by atoms with Crippen LogP contribution in [0.25, 0.3) is 0 Å². The van der Waals surface area contributed by atoms with E-state index in [0.717, 1.165) is 6.54 Å². The molecule has 1 aromatic rings. The third kappa shape index (κ3) is 7.07. The van der Waals surface area contributed by atoms with Gasteiger partial charge in [0.05, 0.1) is 0 Å². The number of nitrogens with one attached hydrogen (secondary N) is 1. The Kier molecular flexibility index (Phi) is 6.20. The van der Waals surface area contributed by atoms with Crippen molar-refractivity contribution >= 4 is 23.7 Å². The van der Waals surface area contributed by atoms with Gasteiger partial charge in [0.15, 0.2) is 0 Å².